The van der Waals surface area contributed by atoms with Crippen LogP contribution in [0.25, 0.3) is 17.0 Å². The molecule has 2 heterocycles. The number of cyclic esters (lactones) is 1. The molecule has 3 rings (SSSR count). The number of benzene rings is 1. The van der Waals surface area contributed by atoms with Gasteiger partial charge in [0.1, 0.15) is 0 Å². The summed E-state index contributed by atoms with van der Waals surface area (Å²) in [4.78, 5) is 26.5. The average molecular weight is 240 g/mol. The minimum atomic E-state index is -0.757. The molecule has 1 N–H and O–H groups in total. The predicted octanol–water partition coefficient (Wildman–Crippen LogP) is 1.84. The summed E-state index contributed by atoms with van der Waals surface area (Å²) < 4.78 is 4.71. The zero-order chi connectivity index (χ0) is 12.5. The van der Waals surface area contributed by atoms with Gasteiger partial charge in [-0.1, -0.05) is 24.3 Å². The van der Waals surface area contributed by atoms with Gasteiger partial charge < -0.3 is 4.74 Å². The quantitative estimate of drug-likeness (QED) is 0.772. The van der Waals surface area contributed by atoms with Crippen molar-refractivity contribution in [3.05, 3.63) is 47.9 Å². The molecule has 5 nitrogen and oxygen atoms in total. The zero-order valence-electron chi connectivity index (χ0n) is 9.21. The van der Waals surface area contributed by atoms with E-state index in [1.807, 2.05) is 35.6 Å². The maximum Gasteiger partial charge on any atom is 0.419 e. The molecular formula is C13H8N2O3. The van der Waals surface area contributed by atoms with Crippen molar-refractivity contribution >= 4 is 29.0 Å². The molecule has 1 aromatic heterocycles. The molecule has 0 radical (unpaired) electrons. The van der Waals surface area contributed by atoms with Crippen molar-refractivity contribution in [2.45, 2.75) is 0 Å². The molecule has 0 unspecified atom stereocenters. The second kappa shape index (κ2) is 3.96. The van der Waals surface area contributed by atoms with Gasteiger partial charge in [0.25, 0.3) is 5.91 Å². The Morgan fingerprint density at radius 3 is 2.72 bits per heavy atom. The third kappa shape index (κ3) is 1.82. The van der Waals surface area contributed by atoms with Crippen LogP contribution in [-0.2, 0) is 9.53 Å². The minimum Gasteiger partial charge on any atom is -0.404 e. The van der Waals surface area contributed by atoms with Gasteiger partial charge in [0.2, 0.25) is 0 Å². The number of fused-ring (bicyclic) bond motifs is 1. The number of amides is 2. The number of carbonyl (C=O) groups is 2. The average Bonchev–Trinajstić information content (AvgIpc) is 2.68. The number of nitrogens with one attached hydrogen (secondary N) is 1. The fourth-order valence-corrected chi connectivity index (χ4v) is 1.72. The van der Waals surface area contributed by atoms with Gasteiger partial charge >= 0.3 is 6.09 Å². The molecule has 2 amide bonds. The van der Waals surface area contributed by atoms with Crippen molar-refractivity contribution in [1.29, 1.82) is 0 Å². The first-order valence-electron chi connectivity index (χ1n) is 5.33. The smallest absolute Gasteiger partial charge is 0.404 e. The molecule has 1 saturated heterocycles. The Bertz CT molecular complexity index is 691. The van der Waals surface area contributed by atoms with E-state index in [9.17, 15) is 9.59 Å². The number of aromatic nitrogens is 1. The van der Waals surface area contributed by atoms with E-state index >= 15 is 0 Å². The second-order valence-electron chi connectivity index (χ2n) is 3.78. The molecule has 5 heteroatoms. The van der Waals surface area contributed by atoms with Crippen LogP contribution in [0.3, 0.4) is 0 Å². The number of imide groups is 1. The Morgan fingerprint density at radius 2 is 1.94 bits per heavy atom. The lowest BCUT2D eigenvalue weighted by atomic mass is 10.2. The summed E-state index contributed by atoms with van der Waals surface area (Å²) in [5, 5.41) is 3.04. The fraction of sp³-hybridized carbons (Fsp3) is 0. The monoisotopic (exact) mass is 240 g/mol. The van der Waals surface area contributed by atoms with Gasteiger partial charge in [0, 0.05) is 11.5 Å². The maximum atomic E-state index is 11.3. The van der Waals surface area contributed by atoms with Crippen LogP contribution in [0.15, 0.2) is 42.2 Å². The molecule has 0 spiro atoms. The van der Waals surface area contributed by atoms with Gasteiger partial charge in [-0.25, -0.2) is 9.78 Å². The molecule has 18 heavy (non-hydrogen) atoms. The summed E-state index contributed by atoms with van der Waals surface area (Å²) in [5.41, 5.74) is 1.38. The molecule has 1 aromatic carbocycles. The number of hydrogen-bond acceptors (Lipinski definition) is 4. The van der Waals surface area contributed by atoms with Crippen molar-refractivity contribution in [3.63, 3.8) is 0 Å². The zero-order valence-corrected chi connectivity index (χ0v) is 9.21. The number of carbonyl (C=O) groups excluding carboxylic acids is 2. The fourth-order valence-electron chi connectivity index (χ4n) is 1.72. The first-order valence-corrected chi connectivity index (χ1v) is 5.33. The molecule has 2 aromatic rings. The Balaban J connectivity index is 2.02. The summed E-state index contributed by atoms with van der Waals surface area (Å²) >= 11 is 0. The van der Waals surface area contributed by atoms with E-state index in [4.69, 9.17) is 4.74 Å². The Labute approximate surface area is 102 Å². The van der Waals surface area contributed by atoms with Crippen LogP contribution in [0.1, 0.15) is 5.69 Å². The SMILES string of the molecule is O=C1NC(=O)/C(=C\c2ccc3ccccc3n2)O1. The normalized spacial score (nSPS) is 17.0. The molecule has 1 fully saturated rings. The van der Waals surface area contributed by atoms with E-state index < -0.39 is 12.0 Å². The highest BCUT2D eigenvalue weighted by atomic mass is 16.6. The molecule has 1 aliphatic rings. The largest absolute Gasteiger partial charge is 0.419 e. The number of ether oxygens (including phenoxy) is 1. The van der Waals surface area contributed by atoms with Gasteiger partial charge in [-0.2, -0.15) is 0 Å². The van der Waals surface area contributed by atoms with Gasteiger partial charge in [-0.05, 0) is 12.1 Å². The Hall–Kier alpha value is -2.69. The standard InChI is InChI=1S/C13H8N2O3/c16-12-11(18-13(17)15-12)7-9-6-5-8-3-1-2-4-10(8)14-9/h1-7H,(H,15,16,17)/b11-7+. The van der Waals surface area contributed by atoms with E-state index in [0.717, 1.165) is 10.9 Å². The van der Waals surface area contributed by atoms with E-state index in [1.165, 1.54) is 6.08 Å². The first kappa shape index (κ1) is 10.5. The number of alkyl carbamates (subject to hydrolysis) is 1. The van der Waals surface area contributed by atoms with Gasteiger partial charge in [-0.3, -0.25) is 10.1 Å². The van der Waals surface area contributed by atoms with Crippen LogP contribution >= 0.6 is 0 Å². The summed E-state index contributed by atoms with van der Waals surface area (Å²) in [7, 11) is 0. The van der Waals surface area contributed by atoms with Crippen LogP contribution in [0.5, 0.6) is 0 Å². The van der Waals surface area contributed by atoms with Crippen LogP contribution in [0.2, 0.25) is 0 Å². The minimum absolute atomic E-state index is 0.0391. The lowest BCUT2D eigenvalue weighted by Crippen LogP contribution is -2.18. The van der Waals surface area contributed by atoms with Gasteiger partial charge in [0.05, 0.1) is 11.2 Å². The lowest BCUT2D eigenvalue weighted by molar-refractivity contribution is -0.116. The summed E-state index contributed by atoms with van der Waals surface area (Å²) in [6, 6.07) is 11.3. The van der Waals surface area contributed by atoms with Crippen LogP contribution in [0.4, 0.5) is 4.79 Å². The third-order valence-corrected chi connectivity index (χ3v) is 2.54. The van der Waals surface area contributed by atoms with E-state index in [0.29, 0.717) is 5.69 Å². The van der Waals surface area contributed by atoms with Gasteiger partial charge in [-0.15, -0.1) is 0 Å². The van der Waals surface area contributed by atoms with Crippen molar-refractivity contribution in [1.82, 2.24) is 10.3 Å². The van der Waals surface area contributed by atoms with Crippen molar-refractivity contribution in [2.24, 2.45) is 0 Å². The van der Waals surface area contributed by atoms with Crippen molar-refractivity contribution in [3.8, 4) is 0 Å². The topological polar surface area (TPSA) is 68.3 Å². The van der Waals surface area contributed by atoms with E-state index in [1.54, 1.807) is 6.07 Å². The number of nitrogens with zero attached hydrogens (tertiary/aromatic N) is 1. The third-order valence-electron chi connectivity index (χ3n) is 2.54. The molecule has 88 valence electrons. The maximum absolute atomic E-state index is 11.3. The van der Waals surface area contributed by atoms with E-state index in [-0.39, 0.29) is 5.76 Å². The lowest BCUT2D eigenvalue weighted by Gasteiger charge is -1.98. The molecule has 0 bridgehead atoms. The van der Waals surface area contributed by atoms with Crippen molar-refractivity contribution in [2.75, 3.05) is 0 Å². The van der Waals surface area contributed by atoms with Crippen LogP contribution in [0, 0.1) is 0 Å². The number of rotatable bonds is 1. The van der Waals surface area contributed by atoms with Gasteiger partial charge in [0.15, 0.2) is 5.76 Å². The Kier molecular flexibility index (Phi) is 2.30. The molecule has 0 saturated carbocycles. The van der Waals surface area contributed by atoms with E-state index in [2.05, 4.69) is 4.98 Å². The summed E-state index contributed by atoms with van der Waals surface area (Å²) in [6.07, 6.45) is 0.680. The highest BCUT2D eigenvalue weighted by Crippen LogP contribution is 2.15. The Morgan fingerprint density at radius 1 is 1.11 bits per heavy atom. The summed E-state index contributed by atoms with van der Waals surface area (Å²) in [5.74, 6) is -0.585. The molecule has 0 atom stereocenters. The number of pyridine rings is 1. The highest BCUT2D eigenvalue weighted by molar-refractivity contribution is 6.09. The summed E-state index contributed by atoms with van der Waals surface area (Å²) in [6.45, 7) is 0. The predicted molar refractivity (Wildman–Crippen MR) is 64.3 cm³/mol. The highest BCUT2D eigenvalue weighted by Gasteiger charge is 2.26. The second-order valence-corrected chi connectivity index (χ2v) is 3.78. The van der Waals surface area contributed by atoms with Crippen LogP contribution in [-0.4, -0.2) is 17.0 Å². The molecular weight excluding hydrogens is 232 g/mol. The first-order chi connectivity index (χ1) is 8.72. The molecule has 0 aliphatic carbocycles. The molecule has 1 aliphatic heterocycles. The van der Waals surface area contributed by atoms with Crippen LogP contribution < -0.4 is 5.32 Å². The number of para-hydroxylation sites is 1. The number of hydrogen-bond donors (Lipinski definition) is 1. The van der Waals surface area contributed by atoms with Crippen molar-refractivity contribution < 1.29 is 14.3 Å².